The molecule has 2 heterocycles. The van der Waals surface area contributed by atoms with E-state index in [1.807, 2.05) is 24.3 Å². The minimum Gasteiger partial charge on any atom is -0.380 e. The van der Waals surface area contributed by atoms with Crippen LogP contribution < -0.4 is 0 Å². The first-order valence-corrected chi connectivity index (χ1v) is 6.94. The first-order chi connectivity index (χ1) is 9.69. The van der Waals surface area contributed by atoms with Gasteiger partial charge in [0, 0.05) is 25.6 Å². The lowest BCUT2D eigenvalue weighted by Crippen LogP contribution is -2.30. The molecule has 20 heavy (non-hydrogen) atoms. The van der Waals surface area contributed by atoms with E-state index in [1.165, 1.54) is 0 Å². The molecule has 1 fully saturated rings. The number of benzene rings is 1. The highest BCUT2D eigenvalue weighted by molar-refractivity contribution is 6.35. The van der Waals surface area contributed by atoms with Crippen LogP contribution in [0.25, 0.3) is 10.9 Å². The molecule has 104 valence electrons. The van der Waals surface area contributed by atoms with E-state index in [4.69, 9.17) is 16.3 Å². The number of hydrogen-bond acceptors (Lipinski definition) is 3. The molecule has 0 radical (unpaired) electrons. The maximum Gasteiger partial charge on any atom is 0.272 e. The second-order valence-electron chi connectivity index (χ2n) is 4.90. The molecule has 1 atom stereocenters. The van der Waals surface area contributed by atoms with Gasteiger partial charge in [0.2, 0.25) is 0 Å². The van der Waals surface area contributed by atoms with Gasteiger partial charge in [-0.3, -0.25) is 4.79 Å². The fourth-order valence-corrected chi connectivity index (χ4v) is 2.77. The summed E-state index contributed by atoms with van der Waals surface area (Å²) < 4.78 is 5.28. The predicted octanol–water partition coefficient (Wildman–Crippen LogP) is 2.75. The van der Waals surface area contributed by atoms with Crippen LogP contribution >= 0.6 is 11.6 Å². The number of carbonyl (C=O) groups is 1. The summed E-state index contributed by atoms with van der Waals surface area (Å²) in [6, 6.07) is 9.19. The third-order valence-corrected chi connectivity index (χ3v) is 3.96. The first kappa shape index (κ1) is 13.3. The number of carbonyl (C=O) groups excluding carboxylic acids is 1. The first-order valence-electron chi connectivity index (χ1n) is 6.56. The molecule has 2 aromatic rings. The van der Waals surface area contributed by atoms with E-state index in [9.17, 15) is 4.79 Å². The summed E-state index contributed by atoms with van der Waals surface area (Å²) in [6.45, 7) is 1.31. The van der Waals surface area contributed by atoms with Gasteiger partial charge < -0.3 is 9.64 Å². The second-order valence-corrected chi connectivity index (χ2v) is 5.31. The summed E-state index contributed by atoms with van der Waals surface area (Å²) in [7, 11) is 1.67. The minimum absolute atomic E-state index is 0.0859. The predicted molar refractivity (Wildman–Crippen MR) is 78.1 cm³/mol. The molecule has 0 bridgehead atoms. The molecule has 0 spiro atoms. The van der Waals surface area contributed by atoms with Crippen LogP contribution in [0.3, 0.4) is 0 Å². The average Bonchev–Trinajstić information content (AvgIpc) is 2.95. The topological polar surface area (TPSA) is 42.4 Å². The third-order valence-electron chi connectivity index (χ3n) is 3.65. The lowest BCUT2D eigenvalue weighted by atomic mass is 10.2. The Hall–Kier alpha value is -1.65. The highest BCUT2D eigenvalue weighted by Gasteiger charge is 2.27. The van der Waals surface area contributed by atoms with E-state index in [0.717, 1.165) is 17.3 Å². The maximum atomic E-state index is 12.5. The van der Waals surface area contributed by atoms with E-state index in [-0.39, 0.29) is 12.0 Å². The number of methoxy groups -OCH3 is 1. The molecule has 0 N–H and O–H groups in total. The van der Waals surface area contributed by atoms with Crippen molar-refractivity contribution in [2.45, 2.75) is 12.5 Å². The fourth-order valence-electron chi connectivity index (χ4n) is 2.51. The number of amides is 1. The summed E-state index contributed by atoms with van der Waals surface area (Å²) >= 11 is 6.23. The molecular weight excluding hydrogens is 276 g/mol. The van der Waals surface area contributed by atoms with Crippen LogP contribution in [-0.2, 0) is 4.74 Å². The van der Waals surface area contributed by atoms with Crippen molar-refractivity contribution in [1.82, 2.24) is 9.88 Å². The molecular formula is C15H15ClN2O2. The quantitative estimate of drug-likeness (QED) is 0.854. The second kappa shape index (κ2) is 5.38. The Labute approximate surface area is 122 Å². The lowest BCUT2D eigenvalue weighted by Gasteiger charge is -2.16. The molecule has 1 aliphatic heterocycles. The largest absolute Gasteiger partial charge is 0.380 e. The van der Waals surface area contributed by atoms with Crippen molar-refractivity contribution in [2.75, 3.05) is 20.2 Å². The van der Waals surface area contributed by atoms with E-state index in [0.29, 0.717) is 23.8 Å². The Morgan fingerprint density at radius 1 is 1.45 bits per heavy atom. The van der Waals surface area contributed by atoms with Crippen molar-refractivity contribution < 1.29 is 9.53 Å². The Morgan fingerprint density at radius 3 is 3.00 bits per heavy atom. The summed E-state index contributed by atoms with van der Waals surface area (Å²) in [5, 5.41) is 1.42. The normalized spacial score (nSPS) is 18.7. The number of halogens is 1. The number of aromatic nitrogens is 1. The monoisotopic (exact) mass is 290 g/mol. The van der Waals surface area contributed by atoms with Gasteiger partial charge in [0.1, 0.15) is 5.69 Å². The standard InChI is InChI=1S/C15H15ClN2O2/c1-20-10-6-7-18(9-10)15(19)14-8-12(16)11-4-2-3-5-13(11)17-14/h2-5,8,10H,6-7,9H2,1H3. The number of rotatable bonds is 2. The summed E-state index contributed by atoms with van der Waals surface area (Å²) in [4.78, 5) is 18.6. The summed E-state index contributed by atoms with van der Waals surface area (Å²) in [5.74, 6) is -0.0859. The smallest absolute Gasteiger partial charge is 0.272 e. The van der Waals surface area contributed by atoms with Gasteiger partial charge in [0.05, 0.1) is 16.6 Å². The van der Waals surface area contributed by atoms with Gasteiger partial charge in [-0.25, -0.2) is 4.98 Å². The van der Waals surface area contributed by atoms with Crippen molar-refractivity contribution in [1.29, 1.82) is 0 Å². The van der Waals surface area contributed by atoms with E-state index >= 15 is 0 Å². The zero-order valence-corrected chi connectivity index (χ0v) is 11.9. The van der Waals surface area contributed by atoms with Crippen LogP contribution in [0.2, 0.25) is 5.02 Å². The zero-order chi connectivity index (χ0) is 14.1. The summed E-state index contributed by atoms with van der Waals surface area (Å²) in [6.07, 6.45) is 0.985. The molecule has 1 unspecified atom stereocenters. The molecule has 5 heteroatoms. The molecule has 1 saturated heterocycles. The van der Waals surface area contributed by atoms with Gasteiger partial charge in [-0.05, 0) is 18.6 Å². The molecule has 0 aliphatic carbocycles. The van der Waals surface area contributed by atoms with E-state index in [1.54, 1.807) is 18.1 Å². The number of likely N-dealkylation sites (tertiary alicyclic amines) is 1. The van der Waals surface area contributed by atoms with Crippen molar-refractivity contribution >= 4 is 28.4 Å². The molecule has 1 aromatic carbocycles. The van der Waals surface area contributed by atoms with Crippen molar-refractivity contribution in [3.63, 3.8) is 0 Å². The molecule has 1 amide bonds. The highest BCUT2D eigenvalue weighted by atomic mass is 35.5. The molecule has 0 saturated carbocycles. The number of ether oxygens (including phenoxy) is 1. The number of hydrogen-bond donors (Lipinski definition) is 0. The number of para-hydroxylation sites is 1. The Kier molecular flexibility index (Phi) is 3.59. The van der Waals surface area contributed by atoms with Crippen LogP contribution in [0.4, 0.5) is 0 Å². The van der Waals surface area contributed by atoms with E-state index < -0.39 is 0 Å². The van der Waals surface area contributed by atoms with Gasteiger partial charge in [-0.2, -0.15) is 0 Å². The van der Waals surface area contributed by atoms with Gasteiger partial charge in [-0.1, -0.05) is 29.8 Å². The average molecular weight is 291 g/mol. The van der Waals surface area contributed by atoms with Crippen LogP contribution in [-0.4, -0.2) is 42.1 Å². The Bertz CT molecular complexity index is 659. The van der Waals surface area contributed by atoms with Gasteiger partial charge >= 0.3 is 0 Å². The number of pyridine rings is 1. The lowest BCUT2D eigenvalue weighted by molar-refractivity contribution is 0.0719. The summed E-state index contributed by atoms with van der Waals surface area (Å²) in [5.41, 5.74) is 1.14. The Balaban J connectivity index is 1.92. The van der Waals surface area contributed by atoms with Gasteiger partial charge in [0.25, 0.3) is 5.91 Å². The maximum absolute atomic E-state index is 12.5. The highest BCUT2D eigenvalue weighted by Crippen LogP contribution is 2.24. The molecule has 1 aliphatic rings. The number of nitrogens with zero attached hydrogens (tertiary/aromatic N) is 2. The molecule has 3 rings (SSSR count). The van der Waals surface area contributed by atoms with Crippen molar-refractivity contribution in [3.05, 3.63) is 41.0 Å². The van der Waals surface area contributed by atoms with Crippen LogP contribution in [0.5, 0.6) is 0 Å². The zero-order valence-electron chi connectivity index (χ0n) is 11.2. The number of fused-ring (bicyclic) bond motifs is 1. The fraction of sp³-hybridized carbons (Fsp3) is 0.333. The molecule has 1 aromatic heterocycles. The van der Waals surface area contributed by atoms with Crippen LogP contribution in [0.15, 0.2) is 30.3 Å². The van der Waals surface area contributed by atoms with Gasteiger partial charge in [-0.15, -0.1) is 0 Å². The van der Waals surface area contributed by atoms with Crippen LogP contribution in [0.1, 0.15) is 16.9 Å². The van der Waals surface area contributed by atoms with Crippen molar-refractivity contribution in [2.24, 2.45) is 0 Å². The van der Waals surface area contributed by atoms with Crippen LogP contribution in [0, 0.1) is 0 Å². The van der Waals surface area contributed by atoms with E-state index in [2.05, 4.69) is 4.98 Å². The minimum atomic E-state index is -0.0859. The SMILES string of the molecule is COC1CCN(C(=O)c2cc(Cl)c3ccccc3n2)C1. The molecule has 4 nitrogen and oxygen atoms in total. The van der Waals surface area contributed by atoms with Gasteiger partial charge in [0.15, 0.2) is 0 Å². The third kappa shape index (κ3) is 2.37. The van der Waals surface area contributed by atoms with Crippen molar-refractivity contribution in [3.8, 4) is 0 Å². The Morgan fingerprint density at radius 2 is 2.25 bits per heavy atom.